The number of anilines is 1. The second kappa shape index (κ2) is 3.34. The molecule has 0 fully saturated rings. The average Bonchev–Trinajstić information content (AvgIpc) is 2.46. The Balaban J connectivity index is 2.75. The van der Waals surface area contributed by atoms with Crippen molar-refractivity contribution in [3.8, 4) is 5.75 Å². The van der Waals surface area contributed by atoms with Crippen LogP contribution in [0.1, 0.15) is 0 Å². The van der Waals surface area contributed by atoms with Gasteiger partial charge in [0, 0.05) is 3.57 Å². The van der Waals surface area contributed by atoms with Gasteiger partial charge in [-0.3, -0.25) is 0 Å². The average molecular weight is 305 g/mol. The maximum atomic E-state index is 5.73. The number of hydrogen-bond acceptors (Lipinski definition) is 3. The highest BCUT2D eigenvalue weighted by molar-refractivity contribution is 14.1. The van der Waals surface area contributed by atoms with E-state index in [1.165, 1.54) is 8.27 Å². The normalized spacial score (nSPS) is 10.6. The van der Waals surface area contributed by atoms with Crippen molar-refractivity contribution in [1.82, 2.24) is 0 Å². The molecule has 68 valence electrons. The fourth-order valence-electron chi connectivity index (χ4n) is 1.22. The zero-order chi connectivity index (χ0) is 9.42. The van der Waals surface area contributed by atoms with E-state index >= 15 is 0 Å². The molecule has 1 heterocycles. The van der Waals surface area contributed by atoms with Crippen LogP contribution >= 0.6 is 33.9 Å². The van der Waals surface area contributed by atoms with Gasteiger partial charge in [-0.15, -0.1) is 11.3 Å². The molecule has 4 heteroatoms. The van der Waals surface area contributed by atoms with E-state index in [1.807, 2.05) is 18.2 Å². The largest absolute Gasteiger partial charge is 0.497 e. The summed E-state index contributed by atoms with van der Waals surface area (Å²) in [5.74, 6) is 0.884. The SMILES string of the molecule is COc1cc(I)c2sc(N)cc2c1. The highest BCUT2D eigenvalue weighted by atomic mass is 127. The summed E-state index contributed by atoms with van der Waals surface area (Å²) in [4.78, 5) is 0. The minimum atomic E-state index is 0.848. The van der Waals surface area contributed by atoms with Gasteiger partial charge in [-0.05, 0) is 46.2 Å². The molecule has 0 aliphatic carbocycles. The van der Waals surface area contributed by atoms with E-state index in [0.717, 1.165) is 16.1 Å². The zero-order valence-corrected chi connectivity index (χ0v) is 9.98. The lowest BCUT2D eigenvalue weighted by Crippen LogP contribution is -1.82. The Hall–Kier alpha value is -0.490. The van der Waals surface area contributed by atoms with Crippen molar-refractivity contribution in [2.24, 2.45) is 0 Å². The van der Waals surface area contributed by atoms with Crippen LogP contribution in [0.2, 0.25) is 0 Å². The molecule has 1 aromatic carbocycles. The maximum Gasteiger partial charge on any atom is 0.120 e. The summed E-state index contributed by atoms with van der Waals surface area (Å²) < 4.78 is 7.60. The summed E-state index contributed by atoms with van der Waals surface area (Å²) in [7, 11) is 1.67. The molecule has 0 unspecified atom stereocenters. The van der Waals surface area contributed by atoms with Gasteiger partial charge in [0.1, 0.15) is 5.75 Å². The molecule has 0 aliphatic rings. The molecule has 0 radical (unpaired) electrons. The van der Waals surface area contributed by atoms with Gasteiger partial charge >= 0.3 is 0 Å². The van der Waals surface area contributed by atoms with E-state index in [9.17, 15) is 0 Å². The first kappa shape index (κ1) is 9.08. The molecule has 0 saturated heterocycles. The Morgan fingerprint density at radius 1 is 1.38 bits per heavy atom. The van der Waals surface area contributed by atoms with Crippen molar-refractivity contribution in [3.63, 3.8) is 0 Å². The lowest BCUT2D eigenvalue weighted by atomic mass is 10.2. The predicted molar refractivity (Wildman–Crippen MR) is 65.5 cm³/mol. The minimum Gasteiger partial charge on any atom is -0.497 e. The molecule has 0 atom stereocenters. The topological polar surface area (TPSA) is 35.2 Å². The third-order valence-electron chi connectivity index (χ3n) is 1.80. The number of benzene rings is 1. The van der Waals surface area contributed by atoms with Gasteiger partial charge in [0.25, 0.3) is 0 Å². The number of ether oxygens (including phenoxy) is 1. The van der Waals surface area contributed by atoms with Crippen molar-refractivity contribution in [2.75, 3.05) is 12.8 Å². The van der Waals surface area contributed by atoms with E-state index in [0.29, 0.717) is 0 Å². The summed E-state index contributed by atoms with van der Waals surface area (Å²) in [6.45, 7) is 0. The molecule has 0 spiro atoms. The van der Waals surface area contributed by atoms with Gasteiger partial charge in [0.2, 0.25) is 0 Å². The van der Waals surface area contributed by atoms with E-state index in [4.69, 9.17) is 10.5 Å². The first-order chi connectivity index (χ1) is 6.20. The van der Waals surface area contributed by atoms with Crippen LogP contribution in [-0.4, -0.2) is 7.11 Å². The molecule has 1 aromatic heterocycles. The molecule has 0 aliphatic heterocycles. The second-order valence-electron chi connectivity index (χ2n) is 2.68. The van der Waals surface area contributed by atoms with E-state index < -0.39 is 0 Å². The Labute approximate surface area is 93.8 Å². The second-order valence-corrected chi connectivity index (χ2v) is 4.92. The molecular weight excluding hydrogens is 297 g/mol. The highest BCUT2D eigenvalue weighted by Gasteiger charge is 2.05. The summed E-state index contributed by atoms with van der Waals surface area (Å²) in [6.07, 6.45) is 0. The minimum absolute atomic E-state index is 0.848. The number of hydrogen-bond donors (Lipinski definition) is 1. The Morgan fingerprint density at radius 3 is 2.85 bits per heavy atom. The summed E-state index contributed by atoms with van der Waals surface area (Å²) in [5, 5.41) is 2.01. The first-order valence-corrected chi connectivity index (χ1v) is 5.63. The monoisotopic (exact) mass is 305 g/mol. The maximum absolute atomic E-state index is 5.73. The van der Waals surface area contributed by atoms with Crippen LogP contribution in [0.5, 0.6) is 5.75 Å². The zero-order valence-electron chi connectivity index (χ0n) is 7.00. The third kappa shape index (κ3) is 1.60. The van der Waals surface area contributed by atoms with Gasteiger partial charge in [0.05, 0.1) is 16.8 Å². The molecule has 0 amide bonds. The predicted octanol–water partition coefficient (Wildman–Crippen LogP) is 3.10. The molecule has 0 bridgehead atoms. The van der Waals surface area contributed by atoms with Crippen LogP contribution in [0, 0.1) is 3.57 Å². The number of rotatable bonds is 1. The Kier molecular flexibility index (Phi) is 2.33. The van der Waals surface area contributed by atoms with Crippen LogP contribution < -0.4 is 10.5 Å². The van der Waals surface area contributed by atoms with E-state index in [1.54, 1.807) is 18.4 Å². The number of halogens is 1. The smallest absolute Gasteiger partial charge is 0.120 e. The molecule has 2 rings (SSSR count). The van der Waals surface area contributed by atoms with Gasteiger partial charge in [-0.1, -0.05) is 0 Å². The van der Waals surface area contributed by atoms with Gasteiger partial charge in [0.15, 0.2) is 0 Å². The van der Waals surface area contributed by atoms with Crippen LogP contribution in [0.4, 0.5) is 5.00 Å². The van der Waals surface area contributed by atoms with Gasteiger partial charge in [-0.25, -0.2) is 0 Å². The van der Waals surface area contributed by atoms with Crippen LogP contribution in [-0.2, 0) is 0 Å². The summed E-state index contributed by atoms with van der Waals surface area (Å²) in [5.41, 5.74) is 5.73. The lowest BCUT2D eigenvalue weighted by molar-refractivity contribution is 0.415. The van der Waals surface area contributed by atoms with E-state index in [-0.39, 0.29) is 0 Å². The van der Waals surface area contributed by atoms with Crippen molar-refractivity contribution in [3.05, 3.63) is 21.8 Å². The fourth-order valence-corrected chi connectivity index (χ4v) is 2.98. The highest BCUT2D eigenvalue weighted by Crippen LogP contribution is 2.34. The number of methoxy groups -OCH3 is 1. The van der Waals surface area contributed by atoms with Gasteiger partial charge < -0.3 is 10.5 Å². The molecule has 0 saturated carbocycles. The van der Waals surface area contributed by atoms with Crippen LogP contribution in [0.3, 0.4) is 0 Å². The molecule has 2 N–H and O–H groups in total. The lowest BCUT2D eigenvalue weighted by Gasteiger charge is -2.00. The molecule has 2 nitrogen and oxygen atoms in total. The summed E-state index contributed by atoms with van der Waals surface area (Å²) >= 11 is 3.91. The Morgan fingerprint density at radius 2 is 2.15 bits per heavy atom. The molecular formula is C9H8INOS. The molecule has 13 heavy (non-hydrogen) atoms. The summed E-state index contributed by atoms with van der Waals surface area (Å²) in [6, 6.07) is 5.99. The Bertz CT molecular complexity index is 452. The standard InChI is InChI=1S/C9H8INOS/c1-12-6-2-5-3-8(11)13-9(5)7(10)4-6/h2-4H,11H2,1H3. The van der Waals surface area contributed by atoms with Crippen molar-refractivity contribution in [1.29, 1.82) is 0 Å². The third-order valence-corrected chi connectivity index (χ3v) is 4.03. The van der Waals surface area contributed by atoms with Crippen LogP contribution in [0.15, 0.2) is 18.2 Å². The van der Waals surface area contributed by atoms with Crippen molar-refractivity contribution >= 4 is 49.0 Å². The number of fused-ring (bicyclic) bond motifs is 1. The van der Waals surface area contributed by atoms with E-state index in [2.05, 4.69) is 22.6 Å². The number of nitrogen functional groups attached to an aromatic ring is 1. The number of nitrogens with two attached hydrogens (primary N) is 1. The number of thiophene rings is 1. The van der Waals surface area contributed by atoms with Crippen molar-refractivity contribution in [2.45, 2.75) is 0 Å². The molecule has 2 aromatic rings. The quantitative estimate of drug-likeness (QED) is 0.822. The van der Waals surface area contributed by atoms with Crippen LogP contribution in [0.25, 0.3) is 10.1 Å². The van der Waals surface area contributed by atoms with Crippen molar-refractivity contribution < 1.29 is 4.74 Å². The fraction of sp³-hybridized carbons (Fsp3) is 0.111. The first-order valence-electron chi connectivity index (χ1n) is 3.73. The van der Waals surface area contributed by atoms with Gasteiger partial charge in [-0.2, -0.15) is 0 Å².